The zero-order valence-corrected chi connectivity index (χ0v) is 9.51. The fourth-order valence-electron chi connectivity index (χ4n) is 1.85. The molecule has 4 nitrogen and oxygen atoms in total. The van der Waals surface area contributed by atoms with Crippen molar-refractivity contribution in [2.24, 2.45) is 5.73 Å². The molecule has 1 fully saturated rings. The monoisotopic (exact) mass is 218 g/mol. The smallest absolute Gasteiger partial charge is 0.0940 e. The zero-order valence-electron chi connectivity index (χ0n) is 8.69. The second kappa shape index (κ2) is 4.53. The molecule has 14 heavy (non-hydrogen) atoms. The summed E-state index contributed by atoms with van der Waals surface area (Å²) < 4.78 is 5.66. The largest absolute Gasteiger partial charge is 0.394 e. The van der Waals surface area contributed by atoms with Crippen LogP contribution in [0.4, 0.5) is 0 Å². The summed E-state index contributed by atoms with van der Waals surface area (Å²) in [5.74, 6) is 0. The molecule has 1 atom stereocenters. The van der Waals surface area contributed by atoms with Gasteiger partial charge < -0.3 is 15.6 Å². The van der Waals surface area contributed by atoms with Gasteiger partial charge in [-0.2, -0.15) is 0 Å². The molecule has 1 heterocycles. The summed E-state index contributed by atoms with van der Waals surface area (Å²) in [4.78, 5) is 2.60. The SMILES string of the molecule is CC1(C)CN(CC(N)=S)CC(CO)O1. The molecule has 0 radical (unpaired) electrons. The van der Waals surface area contributed by atoms with Gasteiger partial charge in [0.2, 0.25) is 0 Å². The molecule has 5 heteroatoms. The highest BCUT2D eigenvalue weighted by molar-refractivity contribution is 7.80. The van der Waals surface area contributed by atoms with Gasteiger partial charge in [0, 0.05) is 19.6 Å². The molecule has 82 valence electrons. The van der Waals surface area contributed by atoms with Crippen molar-refractivity contribution in [2.75, 3.05) is 26.2 Å². The normalized spacial score (nSPS) is 27.5. The van der Waals surface area contributed by atoms with Crippen LogP contribution in [0.25, 0.3) is 0 Å². The Bertz CT molecular complexity index is 221. The van der Waals surface area contributed by atoms with E-state index in [0.29, 0.717) is 18.1 Å². The first-order valence-corrected chi connectivity index (χ1v) is 5.13. The number of aliphatic hydroxyl groups is 1. The number of rotatable bonds is 3. The topological polar surface area (TPSA) is 58.7 Å². The maximum absolute atomic E-state index is 9.06. The summed E-state index contributed by atoms with van der Waals surface area (Å²) in [6.07, 6.45) is -0.131. The molecule has 0 aliphatic carbocycles. The molecule has 0 spiro atoms. The van der Waals surface area contributed by atoms with Gasteiger partial charge in [-0.3, -0.25) is 4.90 Å². The van der Waals surface area contributed by atoms with Crippen LogP contribution < -0.4 is 5.73 Å². The second-order valence-electron chi connectivity index (χ2n) is 4.32. The minimum atomic E-state index is -0.240. The van der Waals surface area contributed by atoms with E-state index in [2.05, 4.69) is 4.90 Å². The average molecular weight is 218 g/mol. The lowest BCUT2D eigenvalue weighted by Gasteiger charge is -2.42. The minimum absolute atomic E-state index is 0.0390. The van der Waals surface area contributed by atoms with Crippen LogP contribution in [0.2, 0.25) is 0 Å². The molecule has 0 aromatic carbocycles. The van der Waals surface area contributed by atoms with Crippen molar-refractivity contribution >= 4 is 17.2 Å². The molecule has 0 aromatic rings. The van der Waals surface area contributed by atoms with Crippen molar-refractivity contribution < 1.29 is 9.84 Å². The van der Waals surface area contributed by atoms with E-state index in [0.717, 1.165) is 6.54 Å². The summed E-state index contributed by atoms with van der Waals surface area (Å²) in [6.45, 7) is 6.12. The van der Waals surface area contributed by atoms with Gasteiger partial charge in [0.15, 0.2) is 0 Å². The predicted octanol–water partition coefficient (Wildman–Crippen LogP) is -0.256. The van der Waals surface area contributed by atoms with E-state index in [-0.39, 0.29) is 18.3 Å². The Balaban J connectivity index is 2.56. The fraction of sp³-hybridized carbons (Fsp3) is 0.889. The molecule has 0 amide bonds. The Morgan fingerprint density at radius 2 is 2.36 bits per heavy atom. The number of hydrogen-bond donors (Lipinski definition) is 2. The predicted molar refractivity (Wildman–Crippen MR) is 59.3 cm³/mol. The molecule has 0 aromatic heterocycles. The lowest BCUT2D eigenvalue weighted by atomic mass is 10.1. The van der Waals surface area contributed by atoms with E-state index >= 15 is 0 Å². The molecule has 1 aliphatic heterocycles. The van der Waals surface area contributed by atoms with Crippen LogP contribution in [0.1, 0.15) is 13.8 Å². The van der Waals surface area contributed by atoms with Gasteiger partial charge in [-0.1, -0.05) is 12.2 Å². The van der Waals surface area contributed by atoms with Gasteiger partial charge in [0.05, 0.1) is 23.3 Å². The van der Waals surface area contributed by atoms with E-state index in [1.54, 1.807) is 0 Å². The van der Waals surface area contributed by atoms with Gasteiger partial charge >= 0.3 is 0 Å². The Kier molecular flexibility index (Phi) is 3.83. The lowest BCUT2D eigenvalue weighted by Crippen LogP contribution is -2.55. The van der Waals surface area contributed by atoms with Gasteiger partial charge in [-0.05, 0) is 13.8 Å². The molecule has 1 unspecified atom stereocenters. The molecule has 0 saturated carbocycles. The van der Waals surface area contributed by atoms with Gasteiger partial charge in [-0.25, -0.2) is 0 Å². The molecule has 1 saturated heterocycles. The van der Waals surface area contributed by atoms with Crippen molar-refractivity contribution in [1.29, 1.82) is 0 Å². The number of ether oxygens (including phenoxy) is 1. The first kappa shape index (κ1) is 11.8. The third-order valence-corrected chi connectivity index (χ3v) is 2.26. The number of morpholine rings is 1. The highest BCUT2D eigenvalue weighted by Crippen LogP contribution is 2.20. The van der Waals surface area contributed by atoms with Crippen LogP contribution >= 0.6 is 12.2 Å². The van der Waals surface area contributed by atoms with E-state index in [1.165, 1.54) is 0 Å². The first-order chi connectivity index (χ1) is 6.43. The number of thiocarbonyl (C=S) groups is 1. The Labute approximate surface area is 90.0 Å². The van der Waals surface area contributed by atoms with E-state index in [4.69, 9.17) is 27.8 Å². The van der Waals surface area contributed by atoms with Crippen LogP contribution in [0, 0.1) is 0 Å². The highest BCUT2D eigenvalue weighted by Gasteiger charge is 2.32. The molecular formula is C9H18N2O2S. The number of aliphatic hydroxyl groups excluding tert-OH is 1. The van der Waals surface area contributed by atoms with E-state index in [9.17, 15) is 0 Å². The van der Waals surface area contributed by atoms with Crippen molar-refractivity contribution in [2.45, 2.75) is 25.6 Å². The van der Waals surface area contributed by atoms with Crippen LogP contribution in [0.15, 0.2) is 0 Å². The highest BCUT2D eigenvalue weighted by atomic mass is 32.1. The number of hydrogen-bond acceptors (Lipinski definition) is 4. The Morgan fingerprint density at radius 3 is 2.86 bits per heavy atom. The molecule has 3 N–H and O–H groups in total. The number of nitrogens with two attached hydrogens (primary N) is 1. The third-order valence-electron chi connectivity index (χ3n) is 2.13. The van der Waals surface area contributed by atoms with Gasteiger partial charge in [-0.15, -0.1) is 0 Å². The second-order valence-corrected chi connectivity index (χ2v) is 4.84. The average Bonchev–Trinajstić information content (AvgIpc) is 1.99. The van der Waals surface area contributed by atoms with Crippen molar-refractivity contribution in [3.05, 3.63) is 0 Å². The Hall–Kier alpha value is -0.230. The quantitative estimate of drug-likeness (QED) is 0.639. The number of nitrogens with zero attached hydrogens (tertiary/aromatic N) is 1. The van der Waals surface area contributed by atoms with Gasteiger partial charge in [0.1, 0.15) is 0 Å². The standard InChI is InChI=1S/C9H18N2O2S/c1-9(2)6-11(4-8(10)14)3-7(5-12)13-9/h7,12H,3-6H2,1-2H3,(H2,10,14). The summed E-state index contributed by atoms with van der Waals surface area (Å²) in [5.41, 5.74) is 5.25. The molecular weight excluding hydrogens is 200 g/mol. The first-order valence-electron chi connectivity index (χ1n) is 4.72. The summed E-state index contributed by atoms with van der Waals surface area (Å²) in [6, 6.07) is 0. The minimum Gasteiger partial charge on any atom is -0.394 e. The molecule has 1 rings (SSSR count). The maximum atomic E-state index is 9.06. The zero-order chi connectivity index (χ0) is 10.8. The van der Waals surface area contributed by atoms with E-state index < -0.39 is 0 Å². The van der Waals surface area contributed by atoms with Crippen molar-refractivity contribution in [3.8, 4) is 0 Å². The van der Waals surface area contributed by atoms with Crippen LogP contribution in [-0.2, 0) is 4.74 Å². The summed E-state index contributed by atoms with van der Waals surface area (Å²) in [7, 11) is 0. The fourth-order valence-corrected chi connectivity index (χ4v) is 2.04. The van der Waals surface area contributed by atoms with E-state index in [1.807, 2.05) is 13.8 Å². The summed E-state index contributed by atoms with van der Waals surface area (Å²) >= 11 is 4.86. The summed E-state index contributed by atoms with van der Waals surface area (Å²) in [5, 5.41) is 9.06. The molecule has 0 bridgehead atoms. The van der Waals surface area contributed by atoms with Crippen molar-refractivity contribution in [3.63, 3.8) is 0 Å². The Morgan fingerprint density at radius 1 is 1.71 bits per heavy atom. The van der Waals surface area contributed by atoms with Gasteiger partial charge in [0.25, 0.3) is 0 Å². The van der Waals surface area contributed by atoms with Crippen LogP contribution in [0.5, 0.6) is 0 Å². The van der Waals surface area contributed by atoms with Crippen LogP contribution in [0.3, 0.4) is 0 Å². The van der Waals surface area contributed by atoms with Crippen molar-refractivity contribution in [1.82, 2.24) is 4.90 Å². The van der Waals surface area contributed by atoms with Crippen LogP contribution in [-0.4, -0.2) is 52.9 Å². The third kappa shape index (κ3) is 3.49. The maximum Gasteiger partial charge on any atom is 0.0940 e. The lowest BCUT2D eigenvalue weighted by molar-refractivity contribution is -0.145. The molecule has 1 aliphatic rings.